The van der Waals surface area contributed by atoms with Crippen LogP contribution in [-0.2, 0) is 11.3 Å². The first-order valence-electron chi connectivity index (χ1n) is 9.98. The van der Waals surface area contributed by atoms with Crippen molar-refractivity contribution in [3.05, 3.63) is 88.4 Å². The van der Waals surface area contributed by atoms with Gasteiger partial charge in [-0.15, -0.1) is 0 Å². The molecule has 0 aliphatic heterocycles. The highest BCUT2D eigenvalue weighted by Crippen LogP contribution is 2.32. The molecule has 0 fully saturated rings. The van der Waals surface area contributed by atoms with Gasteiger partial charge in [-0.25, -0.2) is 4.98 Å². The Bertz CT molecular complexity index is 1320. The van der Waals surface area contributed by atoms with E-state index in [9.17, 15) is 9.59 Å². The summed E-state index contributed by atoms with van der Waals surface area (Å²) in [5.74, 6) is 1.30. The predicted octanol–water partition coefficient (Wildman–Crippen LogP) is 4.88. The van der Waals surface area contributed by atoms with Gasteiger partial charge in [0.15, 0.2) is 5.75 Å². The molecule has 1 amide bonds. The fourth-order valence-corrected chi connectivity index (χ4v) is 3.32. The highest BCUT2D eigenvalue weighted by atomic mass is 35.5. The molecule has 4 aromatic rings. The van der Waals surface area contributed by atoms with Gasteiger partial charge in [-0.05, 0) is 61.5 Å². The number of rotatable bonds is 7. The normalized spacial score (nSPS) is 10.7. The van der Waals surface area contributed by atoms with Gasteiger partial charge in [0.1, 0.15) is 18.0 Å². The van der Waals surface area contributed by atoms with E-state index in [1.165, 1.54) is 10.9 Å². The van der Waals surface area contributed by atoms with Gasteiger partial charge in [-0.1, -0.05) is 23.7 Å². The van der Waals surface area contributed by atoms with Gasteiger partial charge in [-0.2, -0.15) is 0 Å². The number of ether oxygens (including phenoxy) is 2. The lowest BCUT2D eigenvalue weighted by molar-refractivity contribution is -0.116. The van der Waals surface area contributed by atoms with Gasteiger partial charge in [-0.3, -0.25) is 14.2 Å². The lowest BCUT2D eigenvalue weighted by atomic mass is 10.2. The van der Waals surface area contributed by atoms with E-state index in [0.29, 0.717) is 39.7 Å². The van der Waals surface area contributed by atoms with Crippen LogP contribution < -0.4 is 20.3 Å². The molecule has 0 atom stereocenters. The van der Waals surface area contributed by atoms with Crippen molar-refractivity contribution >= 4 is 34.1 Å². The number of aromatic nitrogens is 2. The molecular formula is C24H20ClN3O4. The van der Waals surface area contributed by atoms with Crippen LogP contribution in [0.15, 0.2) is 77.9 Å². The molecule has 0 bridgehead atoms. The van der Waals surface area contributed by atoms with Crippen molar-refractivity contribution < 1.29 is 14.3 Å². The van der Waals surface area contributed by atoms with E-state index in [0.717, 1.165) is 5.75 Å². The van der Waals surface area contributed by atoms with E-state index in [-0.39, 0.29) is 12.1 Å². The standard InChI is InChI=1S/C24H20ClN3O4/c1-2-31-17-8-10-18(11-9-17)32-22-12-7-16(25)13-21(22)27-23(29)14-28-15-26-20-6-4-3-5-19(20)24(28)30/h3-13,15H,2,14H2,1H3,(H,27,29). The summed E-state index contributed by atoms with van der Waals surface area (Å²) in [6.45, 7) is 2.28. The van der Waals surface area contributed by atoms with Crippen molar-refractivity contribution in [1.29, 1.82) is 0 Å². The minimum Gasteiger partial charge on any atom is -0.494 e. The fourth-order valence-electron chi connectivity index (χ4n) is 3.15. The number of anilines is 1. The zero-order valence-electron chi connectivity index (χ0n) is 17.2. The number of amides is 1. The van der Waals surface area contributed by atoms with Crippen LogP contribution in [0, 0.1) is 0 Å². The van der Waals surface area contributed by atoms with Crippen LogP contribution >= 0.6 is 11.6 Å². The second-order valence-electron chi connectivity index (χ2n) is 6.89. The molecule has 162 valence electrons. The molecule has 1 heterocycles. The highest BCUT2D eigenvalue weighted by molar-refractivity contribution is 6.31. The Hall–Kier alpha value is -3.84. The van der Waals surface area contributed by atoms with Crippen molar-refractivity contribution in [2.24, 2.45) is 0 Å². The molecule has 0 radical (unpaired) electrons. The molecule has 1 N–H and O–H groups in total. The van der Waals surface area contributed by atoms with E-state index in [4.69, 9.17) is 21.1 Å². The van der Waals surface area contributed by atoms with Gasteiger partial charge in [0.2, 0.25) is 5.91 Å². The van der Waals surface area contributed by atoms with Crippen molar-refractivity contribution in [2.75, 3.05) is 11.9 Å². The zero-order chi connectivity index (χ0) is 22.5. The number of hydrogen-bond donors (Lipinski definition) is 1. The SMILES string of the molecule is CCOc1ccc(Oc2ccc(Cl)cc2NC(=O)Cn2cnc3ccccc3c2=O)cc1. The van der Waals surface area contributed by atoms with E-state index in [2.05, 4.69) is 10.3 Å². The molecule has 1 aromatic heterocycles. The molecule has 7 nitrogen and oxygen atoms in total. The summed E-state index contributed by atoms with van der Waals surface area (Å²) < 4.78 is 12.6. The number of carbonyl (C=O) groups excluding carboxylic acids is 1. The maximum Gasteiger partial charge on any atom is 0.261 e. The van der Waals surface area contributed by atoms with E-state index in [1.54, 1.807) is 66.7 Å². The molecule has 0 saturated heterocycles. The smallest absolute Gasteiger partial charge is 0.261 e. The number of para-hydroxylation sites is 1. The highest BCUT2D eigenvalue weighted by Gasteiger charge is 2.12. The van der Waals surface area contributed by atoms with Gasteiger partial charge in [0.05, 0.1) is 29.5 Å². The molecule has 0 saturated carbocycles. The minimum atomic E-state index is -0.414. The van der Waals surface area contributed by atoms with Crippen LogP contribution in [0.3, 0.4) is 0 Å². The number of carbonyl (C=O) groups is 1. The molecule has 3 aromatic carbocycles. The zero-order valence-corrected chi connectivity index (χ0v) is 18.0. The fraction of sp³-hybridized carbons (Fsp3) is 0.125. The van der Waals surface area contributed by atoms with Crippen LogP contribution in [-0.4, -0.2) is 22.1 Å². The number of benzene rings is 3. The quantitative estimate of drug-likeness (QED) is 0.435. The third kappa shape index (κ3) is 4.90. The van der Waals surface area contributed by atoms with Crippen molar-refractivity contribution in [3.8, 4) is 17.2 Å². The van der Waals surface area contributed by atoms with Gasteiger partial charge in [0, 0.05) is 5.02 Å². The number of hydrogen-bond acceptors (Lipinski definition) is 5. The third-order valence-electron chi connectivity index (χ3n) is 4.62. The number of halogens is 1. The Balaban J connectivity index is 1.52. The second kappa shape index (κ2) is 9.53. The number of fused-ring (bicyclic) bond motifs is 1. The molecule has 0 aliphatic rings. The summed E-state index contributed by atoms with van der Waals surface area (Å²) in [5, 5.41) is 3.65. The topological polar surface area (TPSA) is 82.4 Å². The van der Waals surface area contributed by atoms with Crippen LogP contribution in [0.5, 0.6) is 17.2 Å². The molecule has 0 unspecified atom stereocenters. The summed E-state index contributed by atoms with van der Waals surface area (Å²) in [6, 6.07) is 19.0. The maximum atomic E-state index is 12.7. The van der Waals surface area contributed by atoms with Gasteiger partial charge < -0.3 is 14.8 Å². The van der Waals surface area contributed by atoms with Gasteiger partial charge >= 0.3 is 0 Å². The summed E-state index contributed by atoms with van der Waals surface area (Å²) in [4.78, 5) is 29.6. The Morgan fingerprint density at radius 1 is 1.06 bits per heavy atom. The molecule has 0 aliphatic carbocycles. The van der Waals surface area contributed by atoms with E-state index < -0.39 is 5.91 Å². The number of nitrogens with zero attached hydrogens (tertiary/aromatic N) is 2. The lowest BCUT2D eigenvalue weighted by Crippen LogP contribution is -2.28. The Morgan fingerprint density at radius 3 is 2.59 bits per heavy atom. The van der Waals surface area contributed by atoms with E-state index in [1.807, 2.05) is 6.92 Å². The largest absolute Gasteiger partial charge is 0.494 e. The van der Waals surface area contributed by atoms with Crippen molar-refractivity contribution in [3.63, 3.8) is 0 Å². The minimum absolute atomic E-state index is 0.203. The first kappa shape index (κ1) is 21.4. The lowest BCUT2D eigenvalue weighted by Gasteiger charge is -2.14. The van der Waals surface area contributed by atoms with Crippen LogP contribution in [0.4, 0.5) is 5.69 Å². The Morgan fingerprint density at radius 2 is 1.81 bits per heavy atom. The first-order valence-corrected chi connectivity index (χ1v) is 10.4. The average molecular weight is 450 g/mol. The summed E-state index contributed by atoms with van der Waals surface area (Å²) in [6.07, 6.45) is 1.36. The molecular weight excluding hydrogens is 430 g/mol. The summed E-state index contributed by atoms with van der Waals surface area (Å²) in [5.41, 5.74) is 0.677. The molecule has 4 rings (SSSR count). The Kier molecular flexibility index (Phi) is 6.37. The molecule has 8 heteroatoms. The van der Waals surface area contributed by atoms with Crippen molar-refractivity contribution in [2.45, 2.75) is 13.5 Å². The average Bonchev–Trinajstić information content (AvgIpc) is 2.79. The number of nitrogens with one attached hydrogen (secondary N) is 1. The van der Waals surface area contributed by atoms with E-state index >= 15 is 0 Å². The third-order valence-corrected chi connectivity index (χ3v) is 4.86. The maximum absolute atomic E-state index is 12.7. The summed E-state index contributed by atoms with van der Waals surface area (Å²) in [7, 11) is 0. The van der Waals surface area contributed by atoms with Crippen LogP contribution in [0.1, 0.15) is 6.92 Å². The molecule has 32 heavy (non-hydrogen) atoms. The van der Waals surface area contributed by atoms with Crippen LogP contribution in [0.2, 0.25) is 5.02 Å². The first-order chi connectivity index (χ1) is 15.5. The van der Waals surface area contributed by atoms with Gasteiger partial charge in [0.25, 0.3) is 5.56 Å². The van der Waals surface area contributed by atoms with Crippen molar-refractivity contribution in [1.82, 2.24) is 9.55 Å². The van der Waals surface area contributed by atoms with Crippen LogP contribution in [0.25, 0.3) is 10.9 Å². The predicted molar refractivity (Wildman–Crippen MR) is 124 cm³/mol. The Labute approximate surface area is 189 Å². The second-order valence-corrected chi connectivity index (χ2v) is 7.33. The monoisotopic (exact) mass is 449 g/mol. The molecule has 0 spiro atoms. The summed E-state index contributed by atoms with van der Waals surface area (Å²) >= 11 is 6.12.